The van der Waals surface area contributed by atoms with Crippen LogP contribution in [-0.4, -0.2) is 33.5 Å². The fourth-order valence-electron chi connectivity index (χ4n) is 2.81. The molecule has 8 nitrogen and oxygen atoms in total. The van der Waals surface area contributed by atoms with Crippen molar-refractivity contribution in [2.45, 2.75) is 24.8 Å². The molecule has 0 aromatic heterocycles. The van der Waals surface area contributed by atoms with Crippen molar-refractivity contribution in [1.82, 2.24) is 0 Å². The van der Waals surface area contributed by atoms with Gasteiger partial charge >= 0.3 is 5.97 Å². The topological polar surface area (TPSA) is 111 Å². The molecule has 0 aliphatic carbocycles. The van der Waals surface area contributed by atoms with Crippen LogP contribution in [0.4, 0.5) is 11.4 Å². The van der Waals surface area contributed by atoms with Crippen LogP contribution in [0.3, 0.4) is 0 Å². The molecule has 0 radical (unpaired) electrons. The molecule has 0 heterocycles. The highest BCUT2D eigenvalue weighted by Gasteiger charge is 2.20. The molecule has 0 saturated carbocycles. The van der Waals surface area contributed by atoms with Crippen molar-refractivity contribution in [2.24, 2.45) is 0 Å². The molecule has 0 bridgehead atoms. The van der Waals surface area contributed by atoms with Crippen LogP contribution in [0.1, 0.15) is 22.8 Å². The Balaban J connectivity index is 1.61. The number of sulfonamides is 1. The summed E-state index contributed by atoms with van der Waals surface area (Å²) in [4.78, 5) is 24.6. The number of nitrogens with one attached hydrogen (secondary N) is 2. The quantitative estimate of drug-likeness (QED) is 0.484. The molecular formula is C24H24N2O6S. The second-order valence-electron chi connectivity index (χ2n) is 7.26. The molecule has 0 fully saturated rings. The van der Waals surface area contributed by atoms with Crippen LogP contribution in [0.15, 0.2) is 77.7 Å². The van der Waals surface area contributed by atoms with Gasteiger partial charge in [-0.3, -0.25) is 9.52 Å². The summed E-state index contributed by atoms with van der Waals surface area (Å²) in [5, 5.41) is 2.67. The van der Waals surface area contributed by atoms with E-state index in [2.05, 4.69) is 10.0 Å². The molecule has 1 amide bonds. The standard InChI is InChI=1S/C24H24N2O6S/c1-16-4-8-19(9-5-16)25-23(27)17(2)32-24(28)18-6-14-22(15-7-18)33(29,30)26-20-10-12-21(31-3)13-11-20/h4-15,17,26H,1-3H3,(H,25,27). The second kappa shape index (κ2) is 10.2. The third kappa shape index (κ3) is 6.33. The van der Waals surface area contributed by atoms with Crippen molar-refractivity contribution in [3.05, 3.63) is 83.9 Å². The number of amides is 1. The zero-order valence-corrected chi connectivity index (χ0v) is 19.2. The maximum absolute atomic E-state index is 12.6. The molecular weight excluding hydrogens is 444 g/mol. The zero-order chi connectivity index (χ0) is 24.0. The first-order valence-corrected chi connectivity index (χ1v) is 11.5. The van der Waals surface area contributed by atoms with Crippen LogP contribution in [-0.2, 0) is 19.6 Å². The molecule has 33 heavy (non-hydrogen) atoms. The first-order valence-electron chi connectivity index (χ1n) is 10.0. The number of ether oxygens (including phenoxy) is 2. The molecule has 1 unspecified atom stereocenters. The van der Waals surface area contributed by atoms with E-state index in [1.165, 1.54) is 38.3 Å². The van der Waals surface area contributed by atoms with Gasteiger partial charge in [-0.2, -0.15) is 0 Å². The van der Waals surface area contributed by atoms with Gasteiger partial charge < -0.3 is 14.8 Å². The van der Waals surface area contributed by atoms with Crippen molar-refractivity contribution in [3.8, 4) is 5.75 Å². The molecule has 3 aromatic carbocycles. The summed E-state index contributed by atoms with van der Waals surface area (Å²) in [6.45, 7) is 3.39. The van der Waals surface area contributed by atoms with Gasteiger partial charge in [0.2, 0.25) is 0 Å². The highest BCUT2D eigenvalue weighted by Crippen LogP contribution is 2.20. The number of aryl methyl sites for hydroxylation is 1. The van der Waals surface area contributed by atoms with Crippen LogP contribution in [0.5, 0.6) is 5.75 Å². The maximum atomic E-state index is 12.6. The van der Waals surface area contributed by atoms with Gasteiger partial charge in [0.25, 0.3) is 15.9 Å². The minimum absolute atomic E-state index is 0.0277. The average molecular weight is 469 g/mol. The number of methoxy groups -OCH3 is 1. The summed E-state index contributed by atoms with van der Waals surface area (Å²) in [5.74, 6) is -0.619. The van der Waals surface area contributed by atoms with Crippen molar-refractivity contribution in [3.63, 3.8) is 0 Å². The number of carbonyl (C=O) groups is 2. The average Bonchev–Trinajstić information content (AvgIpc) is 2.80. The summed E-state index contributed by atoms with van der Waals surface area (Å²) >= 11 is 0. The van der Waals surface area contributed by atoms with E-state index >= 15 is 0 Å². The smallest absolute Gasteiger partial charge is 0.338 e. The van der Waals surface area contributed by atoms with Crippen LogP contribution in [0, 0.1) is 6.92 Å². The Bertz CT molecular complexity index is 1220. The third-order valence-electron chi connectivity index (χ3n) is 4.71. The molecule has 9 heteroatoms. The van der Waals surface area contributed by atoms with Gasteiger partial charge in [0.1, 0.15) is 5.75 Å². The van der Waals surface area contributed by atoms with Gasteiger partial charge in [-0.25, -0.2) is 13.2 Å². The fourth-order valence-corrected chi connectivity index (χ4v) is 3.86. The van der Waals surface area contributed by atoms with Crippen molar-refractivity contribution in [1.29, 1.82) is 0 Å². The molecule has 172 valence electrons. The van der Waals surface area contributed by atoms with Gasteiger partial charge in [0.05, 0.1) is 17.6 Å². The molecule has 0 aliphatic rings. The molecule has 1 atom stereocenters. The van der Waals surface area contributed by atoms with E-state index in [-0.39, 0.29) is 10.5 Å². The molecule has 2 N–H and O–H groups in total. The Labute approximate surface area is 192 Å². The normalized spacial score (nSPS) is 11.8. The number of anilines is 2. The van der Waals surface area contributed by atoms with Crippen molar-refractivity contribution >= 4 is 33.3 Å². The number of rotatable bonds is 8. The fraction of sp³-hybridized carbons (Fsp3) is 0.167. The Morgan fingerprint density at radius 1 is 0.848 bits per heavy atom. The van der Waals surface area contributed by atoms with E-state index in [0.29, 0.717) is 17.1 Å². The van der Waals surface area contributed by atoms with Crippen LogP contribution in [0.2, 0.25) is 0 Å². The highest BCUT2D eigenvalue weighted by atomic mass is 32.2. The largest absolute Gasteiger partial charge is 0.497 e. The van der Waals surface area contributed by atoms with Gasteiger partial charge in [0.15, 0.2) is 6.10 Å². The lowest BCUT2D eigenvalue weighted by Crippen LogP contribution is -2.30. The maximum Gasteiger partial charge on any atom is 0.338 e. The molecule has 3 aromatic rings. The minimum atomic E-state index is -3.86. The molecule has 0 aliphatic heterocycles. The second-order valence-corrected chi connectivity index (χ2v) is 8.94. The van der Waals surface area contributed by atoms with E-state index in [1.54, 1.807) is 36.4 Å². The Hall–Kier alpha value is -3.85. The van der Waals surface area contributed by atoms with E-state index < -0.39 is 28.0 Å². The lowest BCUT2D eigenvalue weighted by atomic mass is 10.2. The van der Waals surface area contributed by atoms with E-state index in [1.807, 2.05) is 19.1 Å². The van der Waals surface area contributed by atoms with Gasteiger partial charge in [-0.05, 0) is 74.5 Å². The third-order valence-corrected chi connectivity index (χ3v) is 6.11. The lowest BCUT2D eigenvalue weighted by Gasteiger charge is -2.14. The van der Waals surface area contributed by atoms with Crippen LogP contribution >= 0.6 is 0 Å². The summed E-state index contributed by atoms with van der Waals surface area (Å²) in [6.07, 6.45) is -1.04. The summed E-state index contributed by atoms with van der Waals surface area (Å²) in [7, 11) is -2.34. The number of benzene rings is 3. The SMILES string of the molecule is COc1ccc(NS(=O)(=O)c2ccc(C(=O)OC(C)C(=O)Nc3ccc(C)cc3)cc2)cc1. The van der Waals surface area contributed by atoms with E-state index in [4.69, 9.17) is 9.47 Å². The van der Waals surface area contributed by atoms with Crippen LogP contribution in [0.25, 0.3) is 0 Å². The monoisotopic (exact) mass is 468 g/mol. The zero-order valence-electron chi connectivity index (χ0n) is 18.4. The summed E-state index contributed by atoms with van der Waals surface area (Å²) < 4.78 is 37.9. The Morgan fingerprint density at radius 2 is 1.42 bits per heavy atom. The van der Waals surface area contributed by atoms with Crippen LogP contribution < -0.4 is 14.8 Å². The van der Waals surface area contributed by atoms with E-state index in [0.717, 1.165) is 5.56 Å². The predicted octanol–water partition coefficient (Wildman–Crippen LogP) is 3.99. The van der Waals surface area contributed by atoms with Crippen molar-refractivity contribution in [2.75, 3.05) is 17.1 Å². The van der Waals surface area contributed by atoms with Gasteiger partial charge in [0, 0.05) is 11.4 Å². The minimum Gasteiger partial charge on any atom is -0.497 e. The predicted molar refractivity (Wildman–Crippen MR) is 125 cm³/mol. The first-order chi connectivity index (χ1) is 15.7. The molecule has 3 rings (SSSR count). The number of esters is 1. The molecule has 0 spiro atoms. The Kier molecular flexibility index (Phi) is 7.34. The number of carbonyl (C=O) groups excluding carboxylic acids is 2. The highest BCUT2D eigenvalue weighted by molar-refractivity contribution is 7.92. The van der Waals surface area contributed by atoms with Crippen molar-refractivity contribution < 1.29 is 27.5 Å². The lowest BCUT2D eigenvalue weighted by molar-refractivity contribution is -0.123. The van der Waals surface area contributed by atoms with E-state index in [9.17, 15) is 18.0 Å². The Morgan fingerprint density at radius 3 is 2.00 bits per heavy atom. The van der Waals surface area contributed by atoms with Gasteiger partial charge in [-0.15, -0.1) is 0 Å². The first kappa shape index (κ1) is 23.8. The summed E-state index contributed by atoms with van der Waals surface area (Å²) in [6, 6.07) is 18.9. The van der Waals surface area contributed by atoms with Gasteiger partial charge in [-0.1, -0.05) is 17.7 Å². The number of hydrogen-bond donors (Lipinski definition) is 2. The molecule has 0 saturated heterocycles. The summed E-state index contributed by atoms with van der Waals surface area (Å²) in [5.41, 5.74) is 2.13. The number of hydrogen-bond acceptors (Lipinski definition) is 6.